The van der Waals surface area contributed by atoms with E-state index in [2.05, 4.69) is 44.6 Å². The van der Waals surface area contributed by atoms with E-state index in [-0.39, 0.29) is 18.3 Å². The van der Waals surface area contributed by atoms with E-state index in [1.54, 1.807) is 10.8 Å². The quantitative estimate of drug-likeness (QED) is 0.643. The number of nitrogens with zero attached hydrogens (tertiary/aromatic N) is 3. The SMILES string of the molecule is C=CCn1cc(-c2ccc(B3OC(C)(C)C(C)(C)O3)cc2)nn1. The minimum Gasteiger partial charge on any atom is -0.399 e. The van der Waals surface area contributed by atoms with E-state index in [1.165, 1.54) is 0 Å². The van der Waals surface area contributed by atoms with Gasteiger partial charge in [-0.05, 0) is 33.2 Å². The summed E-state index contributed by atoms with van der Waals surface area (Å²) in [7, 11) is -0.342. The monoisotopic (exact) mass is 311 g/mol. The van der Waals surface area contributed by atoms with Crippen LogP contribution in [0, 0.1) is 0 Å². The van der Waals surface area contributed by atoms with Crippen LogP contribution in [0.2, 0.25) is 0 Å². The van der Waals surface area contributed by atoms with Gasteiger partial charge in [-0.25, -0.2) is 4.68 Å². The third-order valence-corrected chi connectivity index (χ3v) is 4.59. The van der Waals surface area contributed by atoms with Gasteiger partial charge in [0.1, 0.15) is 5.69 Å². The highest BCUT2D eigenvalue weighted by Crippen LogP contribution is 2.36. The molecule has 3 rings (SSSR count). The number of hydrogen-bond donors (Lipinski definition) is 0. The van der Waals surface area contributed by atoms with Gasteiger partial charge in [-0.15, -0.1) is 11.7 Å². The third kappa shape index (κ3) is 2.96. The lowest BCUT2D eigenvalue weighted by atomic mass is 9.79. The van der Waals surface area contributed by atoms with Crippen molar-refractivity contribution < 1.29 is 9.31 Å². The zero-order chi connectivity index (χ0) is 16.7. The van der Waals surface area contributed by atoms with Crippen LogP contribution in [-0.4, -0.2) is 33.3 Å². The molecule has 0 radical (unpaired) electrons. The van der Waals surface area contributed by atoms with Crippen LogP contribution < -0.4 is 5.46 Å². The molecule has 0 saturated carbocycles. The summed E-state index contributed by atoms with van der Waals surface area (Å²) in [5.41, 5.74) is 2.20. The lowest BCUT2D eigenvalue weighted by Crippen LogP contribution is -2.41. The number of allylic oxidation sites excluding steroid dienone is 1. The molecule has 1 aromatic carbocycles. The maximum absolute atomic E-state index is 6.07. The molecule has 2 heterocycles. The molecule has 23 heavy (non-hydrogen) atoms. The van der Waals surface area contributed by atoms with Crippen LogP contribution in [0.1, 0.15) is 27.7 Å². The van der Waals surface area contributed by atoms with E-state index in [9.17, 15) is 0 Å². The first kappa shape index (κ1) is 16.0. The standard InChI is InChI=1S/C17H22BN3O2/c1-6-11-21-12-15(19-20-21)13-7-9-14(10-8-13)18-22-16(2,3)17(4,5)23-18/h6-10,12H,1,11H2,2-5H3. The predicted octanol–water partition coefficient (Wildman–Crippen LogP) is 2.43. The first-order chi connectivity index (χ1) is 10.8. The number of hydrogen-bond acceptors (Lipinski definition) is 4. The lowest BCUT2D eigenvalue weighted by Gasteiger charge is -2.32. The van der Waals surface area contributed by atoms with Crippen molar-refractivity contribution in [3.8, 4) is 11.3 Å². The Morgan fingerprint density at radius 2 is 1.74 bits per heavy atom. The summed E-state index contributed by atoms with van der Waals surface area (Å²) in [6, 6.07) is 8.07. The second-order valence-corrected chi connectivity index (χ2v) is 6.82. The van der Waals surface area contributed by atoms with Crippen LogP contribution in [0.5, 0.6) is 0 Å². The molecule has 6 heteroatoms. The maximum Gasteiger partial charge on any atom is 0.494 e. The van der Waals surface area contributed by atoms with Gasteiger partial charge < -0.3 is 9.31 Å². The predicted molar refractivity (Wildman–Crippen MR) is 91.4 cm³/mol. The third-order valence-electron chi connectivity index (χ3n) is 4.59. The molecule has 1 saturated heterocycles. The van der Waals surface area contributed by atoms with Gasteiger partial charge in [0.15, 0.2) is 0 Å². The highest BCUT2D eigenvalue weighted by atomic mass is 16.7. The van der Waals surface area contributed by atoms with Crippen LogP contribution in [0.15, 0.2) is 43.1 Å². The molecule has 2 aromatic rings. The lowest BCUT2D eigenvalue weighted by molar-refractivity contribution is 0.00578. The van der Waals surface area contributed by atoms with Crippen molar-refractivity contribution in [1.82, 2.24) is 15.0 Å². The largest absolute Gasteiger partial charge is 0.494 e. The van der Waals surface area contributed by atoms with Crippen molar-refractivity contribution in [3.63, 3.8) is 0 Å². The Morgan fingerprint density at radius 3 is 2.30 bits per heavy atom. The molecule has 0 amide bonds. The van der Waals surface area contributed by atoms with E-state index in [1.807, 2.05) is 30.5 Å². The van der Waals surface area contributed by atoms with Gasteiger partial charge in [0, 0.05) is 5.56 Å². The van der Waals surface area contributed by atoms with Gasteiger partial charge in [-0.2, -0.15) is 0 Å². The Kier molecular flexibility index (Phi) is 3.90. The minimum absolute atomic E-state index is 0.330. The van der Waals surface area contributed by atoms with Crippen molar-refractivity contribution in [2.45, 2.75) is 45.4 Å². The second kappa shape index (κ2) is 5.62. The summed E-state index contributed by atoms with van der Waals surface area (Å²) in [4.78, 5) is 0. The Hall–Kier alpha value is -1.92. The molecule has 1 aliphatic heterocycles. The summed E-state index contributed by atoms with van der Waals surface area (Å²) < 4.78 is 13.9. The fourth-order valence-corrected chi connectivity index (χ4v) is 2.44. The molecule has 1 aromatic heterocycles. The van der Waals surface area contributed by atoms with Gasteiger partial charge >= 0.3 is 7.12 Å². The van der Waals surface area contributed by atoms with Crippen LogP contribution in [0.3, 0.4) is 0 Å². The molecule has 0 N–H and O–H groups in total. The Morgan fingerprint density at radius 1 is 1.13 bits per heavy atom. The van der Waals surface area contributed by atoms with Gasteiger partial charge in [-0.1, -0.05) is 35.6 Å². The first-order valence-corrected chi connectivity index (χ1v) is 7.79. The topological polar surface area (TPSA) is 49.2 Å². The fourth-order valence-electron chi connectivity index (χ4n) is 2.44. The molecule has 1 aliphatic rings. The normalized spacial score (nSPS) is 19.0. The summed E-state index contributed by atoms with van der Waals surface area (Å²) in [6.45, 7) is 12.6. The molecule has 120 valence electrons. The Bertz CT molecular complexity index is 691. The zero-order valence-corrected chi connectivity index (χ0v) is 14.1. The average molecular weight is 311 g/mol. The van der Waals surface area contributed by atoms with Crippen molar-refractivity contribution in [2.75, 3.05) is 0 Å². The summed E-state index contributed by atoms with van der Waals surface area (Å²) in [6.07, 6.45) is 3.70. The molecule has 0 bridgehead atoms. The molecule has 1 fully saturated rings. The molecule has 0 aliphatic carbocycles. The maximum atomic E-state index is 6.07. The smallest absolute Gasteiger partial charge is 0.399 e. The minimum atomic E-state index is -0.342. The highest BCUT2D eigenvalue weighted by Gasteiger charge is 2.51. The zero-order valence-electron chi connectivity index (χ0n) is 14.1. The number of benzene rings is 1. The summed E-state index contributed by atoms with van der Waals surface area (Å²) in [5.74, 6) is 0. The molecule has 0 atom stereocenters. The summed E-state index contributed by atoms with van der Waals surface area (Å²) >= 11 is 0. The number of aromatic nitrogens is 3. The van der Waals surface area contributed by atoms with Crippen LogP contribution >= 0.6 is 0 Å². The van der Waals surface area contributed by atoms with Gasteiger partial charge in [0.05, 0.1) is 23.9 Å². The van der Waals surface area contributed by atoms with Gasteiger partial charge in [0.2, 0.25) is 0 Å². The van der Waals surface area contributed by atoms with Crippen molar-refractivity contribution in [2.24, 2.45) is 0 Å². The Labute approximate surface area is 137 Å². The van der Waals surface area contributed by atoms with Crippen molar-refractivity contribution in [1.29, 1.82) is 0 Å². The van der Waals surface area contributed by atoms with E-state index in [0.717, 1.165) is 16.7 Å². The van der Waals surface area contributed by atoms with E-state index >= 15 is 0 Å². The van der Waals surface area contributed by atoms with Crippen LogP contribution in [0.4, 0.5) is 0 Å². The second-order valence-electron chi connectivity index (χ2n) is 6.82. The van der Waals surface area contributed by atoms with Crippen LogP contribution in [-0.2, 0) is 15.9 Å². The molecule has 5 nitrogen and oxygen atoms in total. The van der Waals surface area contributed by atoms with E-state index in [0.29, 0.717) is 6.54 Å². The average Bonchev–Trinajstić information content (AvgIpc) is 3.03. The molecular formula is C17H22BN3O2. The van der Waals surface area contributed by atoms with Crippen LogP contribution in [0.25, 0.3) is 11.3 Å². The molecular weight excluding hydrogens is 289 g/mol. The molecule has 0 unspecified atom stereocenters. The van der Waals surface area contributed by atoms with Gasteiger partial charge in [-0.3, -0.25) is 0 Å². The van der Waals surface area contributed by atoms with Crippen molar-refractivity contribution >= 4 is 12.6 Å². The summed E-state index contributed by atoms with van der Waals surface area (Å²) in [5, 5.41) is 8.25. The fraction of sp³-hybridized carbons (Fsp3) is 0.412. The van der Waals surface area contributed by atoms with Crippen molar-refractivity contribution in [3.05, 3.63) is 43.1 Å². The first-order valence-electron chi connectivity index (χ1n) is 7.79. The number of rotatable bonds is 4. The van der Waals surface area contributed by atoms with Gasteiger partial charge in [0.25, 0.3) is 0 Å². The molecule has 0 spiro atoms. The van der Waals surface area contributed by atoms with E-state index in [4.69, 9.17) is 9.31 Å². The highest BCUT2D eigenvalue weighted by molar-refractivity contribution is 6.62. The van der Waals surface area contributed by atoms with E-state index < -0.39 is 0 Å². The Balaban J connectivity index is 1.78.